The van der Waals surface area contributed by atoms with Crippen LogP contribution in [0.5, 0.6) is 0 Å². The highest BCUT2D eigenvalue weighted by molar-refractivity contribution is 5.95. The number of aromatic nitrogens is 2. The normalized spacial score (nSPS) is 12.1. The predicted molar refractivity (Wildman–Crippen MR) is 117 cm³/mol. The number of amides is 1. The Balaban J connectivity index is 1.72. The molecule has 11 heteroatoms. The summed E-state index contributed by atoms with van der Waals surface area (Å²) in [6.07, 6.45) is -9.63. The Hall–Kier alpha value is -4.15. The first kappa shape index (κ1) is 24.0. The van der Waals surface area contributed by atoms with Crippen LogP contribution in [-0.2, 0) is 18.8 Å². The van der Waals surface area contributed by atoms with Crippen LogP contribution in [0.4, 0.5) is 37.8 Å². The van der Waals surface area contributed by atoms with E-state index in [9.17, 15) is 31.1 Å². The van der Waals surface area contributed by atoms with Crippen molar-refractivity contribution in [3.05, 3.63) is 94.7 Å². The highest BCUT2D eigenvalue weighted by atomic mass is 19.4. The van der Waals surface area contributed by atoms with Crippen LogP contribution in [0.1, 0.15) is 32.7 Å². The average molecular weight is 490 g/mol. The van der Waals surface area contributed by atoms with Crippen molar-refractivity contribution in [3.63, 3.8) is 0 Å². The Morgan fingerprint density at radius 1 is 0.800 bits per heavy atom. The summed E-state index contributed by atoms with van der Waals surface area (Å²) >= 11 is 0. The number of alkyl halides is 6. The van der Waals surface area contributed by atoms with E-state index in [0.29, 0.717) is 40.6 Å². The monoisotopic (exact) mass is 490 g/mol. The molecule has 0 unspecified atom stereocenters. The van der Waals surface area contributed by atoms with Crippen LogP contribution in [0.3, 0.4) is 0 Å². The van der Waals surface area contributed by atoms with Crippen molar-refractivity contribution in [3.8, 4) is 0 Å². The standard InChI is InChI=1S/C24H16F6N4O/c25-23(26,27)15-10-16(24(28,29)30)12-17(11-15)32-22-19-4-2-1-3-18(19)20(33-34-22)9-13-5-7-14(8-6-13)21(31)35/h1-8,10-12H,9H2,(H2,31,35)(H,32,34). The second-order valence-electron chi connectivity index (χ2n) is 7.70. The summed E-state index contributed by atoms with van der Waals surface area (Å²) in [6.45, 7) is 0. The molecule has 0 saturated carbocycles. The minimum atomic E-state index is -4.97. The van der Waals surface area contributed by atoms with E-state index in [0.717, 1.165) is 5.56 Å². The number of primary amides is 1. The molecular weight excluding hydrogens is 474 g/mol. The summed E-state index contributed by atoms with van der Waals surface area (Å²) in [4.78, 5) is 11.3. The SMILES string of the molecule is NC(=O)c1ccc(Cc2nnc(Nc3cc(C(F)(F)F)cc(C(F)(F)F)c3)c3ccccc23)cc1. The van der Waals surface area contributed by atoms with E-state index in [4.69, 9.17) is 5.73 Å². The van der Waals surface area contributed by atoms with E-state index in [1.165, 1.54) is 0 Å². The lowest BCUT2D eigenvalue weighted by Gasteiger charge is -2.16. The first-order chi connectivity index (χ1) is 16.4. The molecule has 0 aliphatic heterocycles. The maximum absolute atomic E-state index is 13.2. The molecule has 0 spiro atoms. The molecule has 0 bridgehead atoms. The molecule has 35 heavy (non-hydrogen) atoms. The van der Waals surface area contributed by atoms with Gasteiger partial charge in [0.05, 0.1) is 16.8 Å². The lowest BCUT2D eigenvalue weighted by Crippen LogP contribution is -2.12. The van der Waals surface area contributed by atoms with Gasteiger partial charge in [0.1, 0.15) is 0 Å². The van der Waals surface area contributed by atoms with Gasteiger partial charge in [-0.3, -0.25) is 4.79 Å². The number of carbonyl (C=O) groups excluding carboxylic acids is 1. The van der Waals surface area contributed by atoms with E-state index in [-0.39, 0.29) is 11.9 Å². The first-order valence-corrected chi connectivity index (χ1v) is 10.1. The number of nitrogens with one attached hydrogen (secondary N) is 1. The zero-order valence-corrected chi connectivity index (χ0v) is 17.7. The molecular formula is C24H16F6N4O. The molecule has 3 aromatic carbocycles. The fourth-order valence-electron chi connectivity index (χ4n) is 3.53. The maximum atomic E-state index is 13.2. The fourth-order valence-corrected chi connectivity index (χ4v) is 3.53. The molecule has 0 aliphatic rings. The topological polar surface area (TPSA) is 80.9 Å². The molecule has 0 radical (unpaired) electrons. The lowest BCUT2D eigenvalue weighted by atomic mass is 10.0. The summed E-state index contributed by atoms with van der Waals surface area (Å²) in [5.41, 5.74) is 3.59. The first-order valence-electron chi connectivity index (χ1n) is 10.1. The summed E-state index contributed by atoms with van der Waals surface area (Å²) in [5.74, 6) is -0.568. The van der Waals surface area contributed by atoms with E-state index in [1.807, 2.05) is 0 Å². The smallest absolute Gasteiger partial charge is 0.366 e. The third-order valence-electron chi connectivity index (χ3n) is 5.22. The Bertz CT molecular complexity index is 1370. The van der Waals surface area contributed by atoms with Gasteiger partial charge in [0.15, 0.2) is 5.82 Å². The molecule has 0 saturated heterocycles. The van der Waals surface area contributed by atoms with E-state index < -0.39 is 35.1 Å². The van der Waals surface area contributed by atoms with Crippen LogP contribution in [0.2, 0.25) is 0 Å². The Kier molecular flexibility index (Phi) is 6.10. The molecule has 180 valence electrons. The van der Waals surface area contributed by atoms with Crippen LogP contribution < -0.4 is 11.1 Å². The number of rotatable bonds is 5. The van der Waals surface area contributed by atoms with Crippen molar-refractivity contribution >= 4 is 28.2 Å². The Morgan fingerprint density at radius 2 is 1.37 bits per heavy atom. The van der Waals surface area contributed by atoms with Crippen LogP contribution in [0.15, 0.2) is 66.7 Å². The number of benzene rings is 3. The van der Waals surface area contributed by atoms with Gasteiger partial charge in [-0.2, -0.15) is 31.4 Å². The molecule has 1 aromatic heterocycles. The van der Waals surface area contributed by atoms with E-state index in [2.05, 4.69) is 15.5 Å². The van der Waals surface area contributed by atoms with Gasteiger partial charge >= 0.3 is 12.4 Å². The predicted octanol–water partition coefficient (Wildman–Crippen LogP) is 6.10. The fraction of sp³-hybridized carbons (Fsp3) is 0.125. The second-order valence-corrected chi connectivity index (χ2v) is 7.70. The molecule has 0 atom stereocenters. The second kappa shape index (κ2) is 8.90. The third-order valence-corrected chi connectivity index (χ3v) is 5.22. The molecule has 4 aromatic rings. The van der Waals surface area contributed by atoms with Crippen LogP contribution in [0.25, 0.3) is 10.8 Å². The van der Waals surface area contributed by atoms with Crippen molar-refractivity contribution in [2.75, 3.05) is 5.32 Å². The maximum Gasteiger partial charge on any atom is 0.416 e. The van der Waals surface area contributed by atoms with Crippen molar-refractivity contribution in [2.24, 2.45) is 5.73 Å². The minimum absolute atomic E-state index is 0.000811. The van der Waals surface area contributed by atoms with Crippen molar-refractivity contribution in [1.29, 1.82) is 0 Å². The number of anilines is 2. The van der Waals surface area contributed by atoms with Gasteiger partial charge in [0.2, 0.25) is 5.91 Å². The third kappa shape index (κ3) is 5.34. The van der Waals surface area contributed by atoms with Gasteiger partial charge in [-0.15, -0.1) is 5.10 Å². The molecule has 5 nitrogen and oxygen atoms in total. The number of halogens is 6. The molecule has 0 aliphatic carbocycles. The quantitative estimate of drug-likeness (QED) is 0.331. The summed E-state index contributed by atoms with van der Waals surface area (Å²) < 4.78 is 79.2. The molecule has 1 amide bonds. The zero-order chi connectivity index (χ0) is 25.4. The van der Waals surface area contributed by atoms with Crippen LogP contribution in [0, 0.1) is 0 Å². The Morgan fingerprint density at radius 3 is 1.91 bits per heavy atom. The number of fused-ring (bicyclic) bond motifs is 1. The molecule has 4 rings (SSSR count). The van der Waals surface area contributed by atoms with Gasteiger partial charge in [-0.05, 0) is 35.9 Å². The summed E-state index contributed by atoms with van der Waals surface area (Å²) in [5, 5.41) is 11.8. The minimum Gasteiger partial charge on any atom is -0.366 e. The van der Waals surface area contributed by atoms with E-state index >= 15 is 0 Å². The number of hydrogen-bond donors (Lipinski definition) is 2. The highest BCUT2D eigenvalue weighted by Crippen LogP contribution is 2.38. The van der Waals surface area contributed by atoms with Crippen molar-refractivity contribution < 1.29 is 31.1 Å². The summed E-state index contributed by atoms with van der Waals surface area (Å²) in [6, 6.07) is 14.5. The largest absolute Gasteiger partial charge is 0.416 e. The number of nitrogens with zero attached hydrogens (tertiary/aromatic N) is 2. The number of hydrogen-bond acceptors (Lipinski definition) is 4. The van der Waals surface area contributed by atoms with Crippen molar-refractivity contribution in [2.45, 2.75) is 18.8 Å². The lowest BCUT2D eigenvalue weighted by molar-refractivity contribution is -0.143. The van der Waals surface area contributed by atoms with Crippen LogP contribution in [-0.4, -0.2) is 16.1 Å². The van der Waals surface area contributed by atoms with Gasteiger partial charge in [-0.1, -0.05) is 36.4 Å². The number of carbonyl (C=O) groups is 1. The van der Waals surface area contributed by atoms with Gasteiger partial charge < -0.3 is 11.1 Å². The highest BCUT2D eigenvalue weighted by Gasteiger charge is 2.37. The molecule has 3 N–H and O–H groups in total. The Labute approximate surface area is 194 Å². The average Bonchev–Trinajstić information content (AvgIpc) is 2.80. The van der Waals surface area contributed by atoms with Gasteiger partial charge in [-0.25, -0.2) is 0 Å². The molecule has 1 heterocycles. The zero-order valence-electron chi connectivity index (χ0n) is 17.7. The molecule has 0 fully saturated rings. The van der Waals surface area contributed by atoms with Crippen molar-refractivity contribution in [1.82, 2.24) is 10.2 Å². The van der Waals surface area contributed by atoms with Gasteiger partial charge in [0.25, 0.3) is 0 Å². The van der Waals surface area contributed by atoms with Crippen LogP contribution >= 0.6 is 0 Å². The summed E-state index contributed by atoms with van der Waals surface area (Å²) in [7, 11) is 0. The van der Waals surface area contributed by atoms with Gasteiger partial charge in [0, 0.05) is 28.4 Å². The van der Waals surface area contributed by atoms with E-state index in [1.54, 1.807) is 48.5 Å². The number of nitrogens with two attached hydrogens (primary N) is 1.